The second-order valence-corrected chi connectivity index (χ2v) is 8.11. The Balaban J connectivity index is 1.73. The molecule has 0 saturated heterocycles. The van der Waals surface area contributed by atoms with Crippen molar-refractivity contribution in [3.63, 3.8) is 0 Å². The number of fused-ring (bicyclic) bond motifs is 1. The van der Waals surface area contributed by atoms with Crippen molar-refractivity contribution >= 4 is 22.6 Å². The first-order valence-corrected chi connectivity index (χ1v) is 10.4. The van der Waals surface area contributed by atoms with Crippen molar-refractivity contribution in [3.8, 4) is 0 Å². The van der Waals surface area contributed by atoms with Crippen molar-refractivity contribution in [2.45, 2.75) is 65.0 Å². The SMILES string of the molecule is CC(C)Cn1nc(C(=O)OCC(=O)NC2CCCCCC2)c2ccccc2c1=O. The Morgan fingerprint density at radius 1 is 1.14 bits per heavy atom. The topological polar surface area (TPSA) is 90.3 Å². The minimum Gasteiger partial charge on any atom is -0.451 e. The smallest absolute Gasteiger partial charge is 0.359 e. The number of hydrogen-bond donors (Lipinski definition) is 1. The maximum absolute atomic E-state index is 12.7. The summed E-state index contributed by atoms with van der Waals surface area (Å²) in [5.74, 6) is -0.810. The van der Waals surface area contributed by atoms with Gasteiger partial charge in [-0.05, 0) is 24.8 Å². The van der Waals surface area contributed by atoms with Gasteiger partial charge in [0.2, 0.25) is 0 Å². The van der Waals surface area contributed by atoms with Gasteiger partial charge < -0.3 is 10.1 Å². The number of nitrogens with one attached hydrogen (secondary N) is 1. The number of benzene rings is 1. The zero-order valence-corrected chi connectivity index (χ0v) is 17.1. The van der Waals surface area contributed by atoms with Crippen molar-refractivity contribution in [1.29, 1.82) is 0 Å². The van der Waals surface area contributed by atoms with Gasteiger partial charge in [0.25, 0.3) is 11.5 Å². The minimum atomic E-state index is -0.699. The molecule has 0 spiro atoms. The van der Waals surface area contributed by atoms with Crippen LogP contribution < -0.4 is 10.9 Å². The molecule has 1 amide bonds. The second-order valence-electron chi connectivity index (χ2n) is 8.11. The van der Waals surface area contributed by atoms with E-state index in [-0.39, 0.29) is 35.7 Å². The van der Waals surface area contributed by atoms with Crippen LogP contribution in [0.15, 0.2) is 29.1 Å². The highest BCUT2D eigenvalue weighted by Gasteiger charge is 2.20. The fraction of sp³-hybridized carbons (Fsp3) is 0.545. The lowest BCUT2D eigenvalue weighted by Gasteiger charge is -2.16. The maximum Gasteiger partial charge on any atom is 0.359 e. The monoisotopic (exact) mass is 399 g/mol. The number of carbonyl (C=O) groups excluding carboxylic acids is 2. The summed E-state index contributed by atoms with van der Waals surface area (Å²) in [6, 6.07) is 6.98. The van der Waals surface area contributed by atoms with Gasteiger partial charge in [-0.25, -0.2) is 9.48 Å². The molecule has 1 aliphatic carbocycles. The fourth-order valence-electron chi connectivity index (χ4n) is 3.75. The number of esters is 1. The van der Waals surface area contributed by atoms with Crippen LogP contribution in [0.25, 0.3) is 10.8 Å². The zero-order valence-electron chi connectivity index (χ0n) is 17.1. The number of nitrogens with zero attached hydrogens (tertiary/aromatic N) is 2. The molecule has 7 nitrogen and oxygen atoms in total. The van der Waals surface area contributed by atoms with Gasteiger partial charge in [0, 0.05) is 18.0 Å². The molecule has 1 N–H and O–H groups in total. The molecule has 0 aliphatic heterocycles. The lowest BCUT2D eigenvalue weighted by Crippen LogP contribution is -2.37. The molecule has 7 heteroatoms. The Bertz CT molecular complexity index is 927. The van der Waals surface area contributed by atoms with Gasteiger partial charge in [-0.1, -0.05) is 57.7 Å². The van der Waals surface area contributed by atoms with E-state index in [9.17, 15) is 14.4 Å². The molecule has 1 aromatic heterocycles. The van der Waals surface area contributed by atoms with Crippen LogP contribution in [0.1, 0.15) is 62.9 Å². The van der Waals surface area contributed by atoms with Gasteiger partial charge in [-0.3, -0.25) is 9.59 Å². The number of aromatic nitrogens is 2. The molecular formula is C22H29N3O4. The highest BCUT2D eigenvalue weighted by Crippen LogP contribution is 2.17. The summed E-state index contributed by atoms with van der Waals surface area (Å²) in [6.45, 7) is 3.99. The van der Waals surface area contributed by atoms with E-state index in [0.717, 1.165) is 25.7 Å². The van der Waals surface area contributed by atoms with E-state index < -0.39 is 5.97 Å². The van der Waals surface area contributed by atoms with E-state index >= 15 is 0 Å². The Hall–Kier alpha value is -2.70. The fourth-order valence-corrected chi connectivity index (χ4v) is 3.75. The van der Waals surface area contributed by atoms with E-state index in [4.69, 9.17) is 4.74 Å². The van der Waals surface area contributed by atoms with E-state index in [0.29, 0.717) is 17.3 Å². The van der Waals surface area contributed by atoms with Crippen LogP contribution in [0.3, 0.4) is 0 Å². The highest BCUT2D eigenvalue weighted by molar-refractivity contribution is 6.02. The van der Waals surface area contributed by atoms with Gasteiger partial charge in [0.15, 0.2) is 12.3 Å². The molecule has 1 aromatic carbocycles. The lowest BCUT2D eigenvalue weighted by atomic mass is 10.1. The van der Waals surface area contributed by atoms with E-state index in [1.54, 1.807) is 24.3 Å². The van der Waals surface area contributed by atoms with Crippen molar-refractivity contribution in [2.75, 3.05) is 6.61 Å². The molecule has 0 atom stereocenters. The molecular weight excluding hydrogens is 370 g/mol. The highest BCUT2D eigenvalue weighted by atomic mass is 16.5. The molecule has 1 heterocycles. The van der Waals surface area contributed by atoms with Crippen LogP contribution >= 0.6 is 0 Å². The molecule has 29 heavy (non-hydrogen) atoms. The van der Waals surface area contributed by atoms with Crippen LogP contribution in [0.4, 0.5) is 0 Å². The number of carbonyl (C=O) groups is 2. The van der Waals surface area contributed by atoms with Crippen LogP contribution in [0.5, 0.6) is 0 Å². The van der Waals surface area contributed by atoms with Crippen LogP contribution in [0.2, 0.25) is 0 Å². The molecule has 156 valence electrons. The average Bonchev–Trinajstić information content (AvgIpc) is 2.96. The van der Waals surface area contributed by atoms with Crippen molar-refractivity contribution < 1.29 is 14.3 Å². The summed E-state index contributed by atoms with van der Waals surface area (Å²) < 4.78 is 6.54. The first-order chi connectivity index (χ1) is 14.0. The van der Waals surface area contributed by atoms with Crippen molar-refractivity contribution in [3.05, 3.63) is 40.3 Å². The average molecular weight is 399 g/mol. The Labute approximate surface area is 170 Å². The predicted molar refractivity (Wildman–Crippen MR) is 111 cm³/mol. The third-order valence-corrected chi connectivity index (χ3v) is 5.15. The molecule has 1 aliphatic rings. The third-order valence-electron chi connectivity index (χ3n) is 5.15. The zero-order chi connectivity index (χ0) is 20.8. The number of amides is 1. The summed E-state index contributed by atoms with van der Waals surface area (Å²) >= 11 is 0. The summed E-state index contributed by atoms with van der Waals surface area (Å²) in [7, 11) is 0. The normalized spacial score (nSPS) is 15.3. The first-order valence-electron chi connectivity index (χ1n) is 10.4. The Kier molecular flexibility index (Phi) is 7.01. The molecule has 2 aromatic rings. The van der Waals surface area contributed by atoms with Gasteiger partial charge in [0.1, 0.15) is 0 Å². The van der Waals surface area contributed by atoms with Gasteiger partial charge in [-0.15, -0.1) is 0 Å². The van der Waals surface area contributed by atoms with Crippen LogP contribution in [-0.2, 0) is 16.1 Å². The Morgan fingerprint density at radius 2 is 1.79 bits per heavy atom. The van der Waals surface area contributed by atoms with E-state index in [2.05, 4.69) is 10.4 Å². The lowest BCUT2D eigenvalue weighted by molar-refractivity contribution is -0.125. The minimum absolute atomic E-state index is 0.0584. The summed E-state index contributed by atoms with van der Waals surface area (Å²) in [5.41, 5.74) is -0.180. The van der Waals surface area contributed by atoms with Crippen LogP contribution in [-0.4, -0.2) is 34.3 Å². The quantitative estimate of drug-likeness (QED) is 0.596. The molecule has 0 radical (unpaired) electrons. The van der Waals surface area contributed by atoms with Crippen molar-refractivity contribution in [1.82, 2.24) is 15.1 Å². The van der Waals surface area contributed by atoms with Crippen molar-refractivity contribution in [2.24, 2.45) is 5.92 Å². The predicted octanol–water partition coefficient (Wildman–Crippen LogP) is 3.05. The summed E-state index contributed by atoms with van der Waals surface area (Å²) in [4.78, 5) is 37.5. The van der Waals surface area contributed by atoms with Gasteiger partial charge in [0.05, 0.1) is 5.39 Å². The standard InChI is InChI=1S/C22H29N3O4/c1-15(2)13-25-21(27)18-12-8-7-11-17(18)20(24-25)22(28)29-14-19(26)23-16-9-5-3-4-6-10-16/h7-8,11-12,15-16H,3-6,9-10,13-14H2,1-2H3,(H,23,26). The van der Waals surface area contributed by atoms with E-state index in [1.165, 1.54) is 17.5 Å². The molecule has 3 rings (SSSR count). The number of rotatable bonds is 6. The molecule has 1 fully saturated rings. The molecule has 0 bridgehead atoms. The Morgan fingerprint density at radius 3 is 2.45 bits per heavy atom. The molecule has 0 unspecified atom stereocenters. The van der Waals surface area contributed by atoms with E-state index in [1.807, 2.05) is 13.8 Å². The number of ether oxygens (including phenoxy) is 1. The van der Waals surface area contributed by atoms with Gasteiger partial charge >= 0.3 is 5.97 Å². The first kappa shape index (κ1) is 21.0. The third kappa shape index (κ3) is 5.43. The second kappa shape index (κ2) is 9.67. The maximum atomic E-state index is 12.7. The summed E-state index contributed by atoms with van der Waals surface area (Å²) in [5, 5.41) is 8.05. The summed E-state index contributed by atoms with van der Waals surface area (Å²) in [6.07, 6.45) is 6.55. The largest absolute Gasteiger partial charge is 0.451 e. The van der Waals surface area contributed by atoms with Crippen LogP contribution in [0, 0.1) is 5.92 Å². The van der Waals surface area contributed by atoms with Gasteiger partial charge in [-0.2, -0.15) is 5.10 Å². The number of hydrogen-bond acceptors (Lipinski definition) is 5. The molecule has 1 saturated carbocycles.